The minimum Gasteiger partial charge on any atom is -0.410 e. The third kappa shape index (κ3) is 6.12. The van der Waals surface area contributed by atoms with Gasteiger partial charge < -0.3 is 9.53 Å². The van der Waals surface area contributed by atoms with Gasteiger partial charge in [-0.2, -0.15) is 13.2 Å². The molecule has 0 unspecified atom stereocenters. The zero-order chi connectivity index (χ0) is 29.8. The first-order chi connectivity index (χ1) is 18.3. The number of aliphatic hydroxyl groups is 1. The lowest BCUT2D eigenvalue weighted by Gasteiger charge is -2.45. The molecule has 2 atom stereocenters. The molecular formula is C33H46F3NO2Si. The van der Waals surface area contributed by atoms with E-state index in [1.165, 1.54) is 6.07 Å². The summed E-state index contributed by atoms with van der Waals surface area (Å²) in [7, 11) is -2.19. The molecule has 2 aromatic rings. The van der Waals surface area contributed by atoms with Crippen molar-refractivity contribution in [3.63, 3.8) is 0 Å². The van der Waals surface area contributed by atoms with E-state index >= 15 is 0 Å². The van der Waals surface area contributed by atoms with E-state index < -0.39 is 26.2 Å². The molecule has 0 saturated heterocycles. The Bertz CT molecular complexity index is 1290. The zero-order valence-corrected chi connectivity index (χ0v) is 26.6. The molecule has 0 aliphatic heterocycles. The van der Waals surface area contributed by atoms with Gasteiger partial charge in [0, 0.05) is 22.5 Å². The molecule has 0 fully saturated rings. The monoisotopic (exact) mass is 573 g/mol. The number of hydrogen-bond acceptors (Lipinski definition) is 3. The van der Waals surface area contributed by atoms with Crippen LogP contribution in [0.1, 0.15) is 131 Å². The molecule has 7 heteroatoms. The van der Waals surface area contributed by atoms with Gasteiger partial charge in [-0.1, -0.05) is 66.7 Å². The van der Waals surface area contributed by atoms with Crippen LogP contribution in [-0.2, 0) is 17.0 Å². The second kappa shape index (κ2) is 10.7. The third-order valence-corrected chi connectivity index (χ3v) is 13.5. The molecule has 2 aliphatic carbocycles. The van der Waals surface area contributed by atoms with Crippen molar-refractivity contribution in [2.75, 3.05) is 0 Å². The van der Waals surface area contributed by atoms with Gasteiger partial charge in [-0.15, -0.1) is 0 Å². The average molecular weight is 574 g/mol. The van der Waals surface area contributed by atoms with Crippen molar-refractivity contribution in [2.45, 2.75) is 123 Å². The van der Waals surface area contributed by atoms with Crippen LogP contribution in [-0.4, -0.2) is 18.4 Å². The summed E-state index contributed by atoms with van der Waals surface area (Å²) >= 11 is 0. The molecule has 1 N–H and O–H groups in total. The van der Waals surface area contributed by atoms with E-state index in [9.17, 15) is 18.3 Å². The van der Waals surface area contributed by atoms with Crippen LogP contribution >= 0.6 is 0 Å². The van der Waals surface area contributed by atoms with Crippen LogP contribution in [0.2, 0.25) is 18.1 Å². The number of halogens is 3. The Labute approximate surface area is 239 Å². The summed E-state index contributed by atoms with van der Waals surface area (Å²) in [6.07, 6.45) is 0.764. The molecule has 0 bridgehead atoms. The van der Waals surface area contributed by atoms with Gasteiger partial charge in [0.05, 0.1) is 11.7 Å². The van der Waals surface area contributed by atoms with Crippen LogP contribution in [0.4, 0.5) is 13.2 Å². The smallest absolute Gasteiger partial charge is 0.410 e. The quantitative estimate of drug-likeness (QED) is 0.350. The Morgan fingerprint density at radius 3 is 2.35 bits per heavy atom. The van der Waals surface area contributed by atoms with E-state index in [0.29, 0.717) is 5.56 Å². The summed E-state index contributed by atoms with van der Waals surface area (Å²) < 4.78 is 48.1. The van der Waals surface area contributed by atoms with Crippen molar-refractivity contribution in [3.05, 3.63) is 69.5 Å². The molecule has 220 valence electrons. The van der Waals surface area contributed by atoms with E-state index in [4.69, 9.17) is 9.41 Å². The molecule has 4 rings (SSSR count). The number of allylic oxidation sites excluding steroid dienone is 2. The highest BCUT2D eigenvalue weighted by molar-refractivity contribution is 6.74. The van der Waals surface area contributed by atoms with Crippen molar-refractivity contribution in [2.24, 2.45) is 5.41 Å². The van der Waals surface area contributed by atoms with Crippen LogP contribution in [0, 0.1) is 5.41 Å². The Balaban J connectivity index is 2.02. The number of alkyl halides is 3. The third-order valence-electron chi connectivity index (χ3n) is 9.04. The molecule has 1 aromatic heterocycles. The van der Waals surface area contributed by atoms with Gasteiger partial charge in [-0.3, -0.25) is 4.98 Å². The predicted octanol–water partition coefficient (Wildman–Crippen LogP) is 9.91. The fraction of sp³-hybridized carbons (Fsp3) is 0.606. The van der Waals surface area contributed by atoms with Crippen molar-refractivity contribution >= 4 is 13.9 Å². The van der Waals surface area contributed by atoms with E-state index in [0.717, 1.165) is 72.3 Å². The molecule has 1 heterocycles. The maximum atomic E-state index is 13.7. The van der Waals surface area contributed by atoms with Crippen LogP contribution < -0.4 is 0 Å². The van der Waals surface area contributed by atoms with E-state index in [-0.39, 0.29) is 28.0 Å². The molecule has 0 amide bonds. The van der Waals surface area contributed by atoms with E-state index in [1.54, 1.807) is 6.07 Å². The largest absolute Gasteiger partial charge is 0.416 e. The standard InChI is InChI=1S/C33H46F3NO2Si/c1-20(2)29-28(30(38)22-15-12-16-23(17-22)33(34,35)36)26(21-13-10-11-14-21)27-24(37-29)18-32(6,7)19-25(27)39-40(8,9)31(3,4)5/h12-13,15-17,20,25,30,38H,10-11,14,18-19H2,1-9H3/t25-,30+/m0/s1. The fourth-order valence-corrected chi connectivity index (χ4v) is 7.21. The van der Waals surface area contributed by atoms with Gasteiger partial charge >= 0.3 is 6.18 Å². The lowest BCUT2D eigenvalue weighted by molar-refractivity contribution is -0.137. The number of nitrogens with zero attached hydrogens (tertiary/aromatic N) is 1. The average Bonchev–Trinajstić information content (AvgIpc) is 3.35. The van der Waals surface area contributed by atoms with Crippen molar-refractivity contribution in [1.29, 1.82) is 0 Å². The Morgan fingerprint density at radius 1 is 1.12 bits per heavy atom. The number of hydrogen-bond donors (Lipinski definition) is 1. The number of fused-ring (bicyclic) bond motifs is 1. The summed E-state index contributed by atoms with van der Waals surface area (Å²) in [6.45, 7) is 19.8. The maximum absolute atomic E-state index is 13.7. The van der Waals surface area contributed by atoms with Crippen LogP contribution in [0.5, 0.6) is 0 Å². The molecule has 3 nitrogen and oxygen atoms in total. The first kappa shape index (κ1) is 31.0. The molecule has 0 saturated carbocycles. The maximum Gasteiger partial charge on any atom is 0.416 e. The van der Waals surface area contributed by atoms with Crippen LogP contribution in [0.25, 0.3) is 5.57 Å². The van der Waals surface area contributed by atoms with Crippen LogP contribution in [0.15, 0.2) is 30.3 Å². The first-order valence-electron chi connectivity index (χ1n) is 14.6. The second-order valence-corrected chi connectivity index (χ2v) is 19.1. The molecule has 40 heavy (non-hydrogen) atoms. The first-order valence-corrected chi connectivity index (χ1v) is 17.5. The SMILES string of the molecule is CC(C)c1nc2c(c(C3=CCCC3)c1[C@H](O)c1cccc(C(F)(F)F)c1)[C@@H](O[Si](C)(C)C(C)(C)C)CC(C)(C)C2. The number of pyridine rings is 1. The Morgan fingerprint density at radius 2 is 1.80 bits per heavy atom. The minimum atomic E-state index is -4.49. The van der Waals surface area contributed by atoms with Crippen molar-refractivity contribution in [1.82, 2.24) is 4.98 Å². The van der Waals surface area contributed by atoms with Gasteiger partial charge in [0.25, 0.3) is 0 Å². The predicted molar refractivity (Wildman–Crippen MR) is 159 cm³/mol. The number of aliphatic hydroxyl groups excluding tert-OH is 1. The number of benzene rings is 1. The topological polar surface area (TPSA) is 42.4 Å². The Kier molecular flexibility index (Phi) is 8.29. The molecule has 0 radical (unpaired) electrons. The molecule has 0 spiro atoms. The summed E-state index contributed by atoms with van der Waals surface area (Å²) in [5, 5.41) is 11.9. The van der Waals surface area contributed by atoms with Gasteiger partial charge in [0.15, 0.2) is 8.32 Å². The van der Waals surface area contributed by atoms with E-state index in [1.807, 2.05) is 13.8 Å². The molecule has 1 aromatic carbocycles. The van der Waals surface area contributed by atoms with Gasteiger partial charge in [0.1, 0.15) is 6.10 Å². The molecule has 2 aliphatic rings. The molecular weight excluding hydrogens is 527 g/mol. The number of rotatable bonds is 6. The normalized spacial score (nSPS) is 20.4. The highest BCUT2D eigenvalue weighted by Crippen LogP contribution is 2.52. The fourth-order valence-electron chi connectivity index (χ4n) is 5.94. The van der Waals surface area contributed by atoms with Crippen molar-refractivity contribution < 1.29 is 22.7 Å². The van der Waals surface area contributed by atoms with E-state index in [2.05, 4.69) is 53.8 Å². The summed E-state index contributed by atoms with van der Waals surface area (Å²) in [5.41, 5.74) is 5.03. The lowest BCUT2D eigenvalue weighted by atomic mass is 9.71. The van der Waals surface area contributed by atoms with Gasteiger partial charge in [-0.05, 0) is 90.4 Å². The number of aromatic nitrogens is 1. The second-order valence-electron chi connectivity index (χ2n) is 14.4. The Hall–Kier alpha value is -1.96. The highest BCUT2D eigenvalue weighted by Gasteiger charge is 2.45. The van der Waals surface area contributed by atoms with Crippen molar-refractivity contribution in [3.8, 4) is 0 Å². The van der Waals surface area contributed by atoms with Gasteiger partial charge in [-0.25, -0.2) is 0 Å². The minimum absolute atomic E-state index is 0.00717. The lowest BCUT2D eigenvalue weighted by Crippen LogP contribution is -2.44. The highest BCUT2D eigenvalue weighted by atomic mass is 28.4. The summed E-state index contributed by atoms with van der Waals surface area (Å²) in [6, 6.07) is 5.09. The van der Waals surface area contributed by atoms with Gasteiger partial charge in [0.2, 0.25) is 0 Å². The van der Waals surface area contributed by atoms with Crippen LogP contribution in [0.3, 0.4) is 0 Å². The zero-order valence-electron chi connectivity index (χ0n) is 25.6. The summed E-state index contributed by atoms with van der Waals surface area (Å²) in [5.74, 6) is -0.0219. The summed E-state index contributed by atoms with van der Waals surface area (Å²) in [4.78, 5) is 5.23.